The van der Waals surface area contributed by atoms with Gasteiger partial charge in [0.1, 0.15) is 6.61 Å². The molecule has 19 heavy (non-hydrogen) atoms. The topological polar surface area (TPSA) is 56.8 Å². The minimum Gasteiger partial charge on any atom is -0.490 e. The van der Waals surface area contributed by atoms with E-state index in [-0.39, 0.29) is 12.6 Å². The summed E-state index contributed by atoms with van der Waals surface area (Å²) < 4.78 is 16.3. The highest BCUT2D eigenvalue weighted by Crippen LogP contribution is 2.30. The second-order valence-corrected chi connectivity index (χ2v) is 4.35. The smallest absolute Gasteiger partial charge is 0.307 e. The molecule has 0 atom stereocenters. The van der Waals surface area contributed by atoms with Crippen molar-refractivity contribution in [3.63, 3.8) is 0 Å². The van der Waals surface area contributed by atoms with Gasteiger partial charge in [-0.05, 0) is 24.7 Å². The van der Waals surface area contributed by atoms with Crippen molar-refractivity contribution in [2.24, 2.45) is 0 Å². The van der Waals surface area contributed by atoms with E-state index in [0.717, 1.165) is 23.5 Å². The van der Waals surface area contributed by atoms with Gasteiger partial charge in [-0.1, -0.05) is 6.07 Å². The molecular formula is C14H19NO4. The number of nitrogens with one attached hydrogen (secondary N) is 1. The second-order valence-electron chi connectivity index (χ2n) is 4.35. The zero-order valence-electron chi connectivity index (χ0n) is 11.1. The number of rotatable bonds is 5. The van der Waals surface area contributed by atoms with Gasteiger partial charge in [-0.15, -0.1) is 0 Å². The van der Waals surface area contributed by atoms with Gasteiger partial charge in [0.2, 0.25) is 0 Å². The van der Waals surface area contributed by atoms with Gasteiger partial charge in [0, 0.05) is 13.0 Å². The van der Waals surface area contributed by atoms with Gasteiger partial charge >= 0.3 is 5.97 Å². The lowest BCUT2D eigenvalue weighted by Crippen LogP contribution is -2.14. The standard InChI is InChI=1S/C14H19NO4/c1-15-6-5-14(16)19-10-11-3-4-12-13(9-11)18-8-2-7-17-12/h3-4,9,15H,2,5-8,10H2,1H3. The van der Waals surface area contributed by atoms with Gasteiger partial charge < -0.3 is 19.5 Å². The zero-order chi connectivity index (χ0) is 13.5. The molecule has 1 aromatic rings. The van der Waals surface area contributed by atoms with Gasteiger partial charge in [0.05, 0.1) is 19.6 Å². The third kappa shape index (κ3) is 4.13. The quantitative estimate of drug-likeness (QED) is 0.818. The minimum absolute atomic E-state index is 0.207. The largest absolute Gasteiger partial charge is 0.490 e. The summed E-state index contributed by atoms with van der Waals surface area (Å²) in [6.07, 6.45) is 1.25. The van der Waals surface area contributed by atoms with Crippen LogP contribution in [0.4, 0.5) is 0 Å². The Kier molecular flexibility index (Phi) is 5.03. The van der Waals surface area contributed by atoms with Crippen LogP contribution in [0.5, 0.6) is 11.5 Å². The number of esters is 1. The molecule has 0 aromatic heterocycles. The number of benzene rings is 1. The first-order chi connectivity index (χ1) is 9.29. The summed E-state index contributed by atoms with van der Waals surface area (Å²) in [6.45, 7) is 2.21. The maximum atomic E-state index is 11.4. The predicted molar refractivity (Wildman–Crippen MR) is 70.4 cm³/mol. The highest BCUT2D eigenvalue weighted by molar-refractivity contribution is 5.69. The van der Waals surface area contributed by atoms with Crippen molar-refractivity contribution in [1.29, 1.82) is 0 Å². The third-order valence-corrected chi connectivity index (χ3v) is 2.79. The fourth-order valence-corrected chi connectivity index (χ4v) is 1.76. The Morgan fingerprint density at radius 1 is 1.32 bits per heavy atom. The average molecular weight is 265 g/mol. The summed E-state index contributed by atoms with van der Waals surface area (Å²) in [6, 6.07) is 5.61. The predicted octanol–water partition coefficient (Wildman–Crippen LogP) is 1.50. The number of carbonyl (C=O) groups excluding carboxylic acids is 1. The molecule has 0 spiro atoms. The van der Waals surface area contributed by atoms with Crippen LogP contribution in [0.15, 0.2) is 18.2 Å². The Balaban J connectivity index is 1.90. The molecule has 0 bridgehead atoms. The number of ether oxygens (including phenoxy) is 3. The number of hydrogen-bond acceptors (Lipinski definition) is 5. The first-order valence-corrected chi connectivity index (χ1v) is 6.48. The molecule has 5 nitrogen and oxygen atoms in total. The summed E-state index contributed by atoms with van der Waals surface area (Å²) >= 11 is 0. The van der Waals surface area contributed by atoms with Gasteiger partial charge in [0.25, 0.3) is 0 Å². The van der Waals surface area contributed by atoms with E-state index in [1.807, 2.05) is 18.2 Å². The fraction of sp³-hybridized carbons (Fsp3) is 0.500. The number of fused-ring (bicyclic) bond motifs is 1. The van der Waals surface area contributed by atoms with Crippen molar-refractivity contribution in [2.75, 3.05) is 26.8 Å². The second kappa shape index (κ2) is 6.99. The van der Waals surface area contributed by atoms with Gasteiger partial charge in [-0.2, -0.15) is 0 Å². The molecule has 5 heteroatoms. The van der Waals surface area contributed by atoms with E-state index in [1.54, 1.807) is 7.05 Å². The molecule has 1 heterocycles. The average Bonchev–Trinajstić information content (AvgIpc) is 2.67. The molecule has 0 aliphatic carbocycles. The summed E-state index contributed by atoms with van der Waals surface area (Å²) in [5, 5.41) is 2.91. The molecule has 0 radical (unpaired) electrons. The lowest BCUT2D eigenvalue weighted by atomic mass is 10.2. The monoisotopic (exact) mass is 265 g/mol. The van der Waals surface area contributed by atoms with Crippen molar-refractivity contribution in [2.45, 2.75) is 19.4 Å². The van der Waals surface area contributed by atoms with Crippen molar-refractivity contribution in [1.82, 2.24) is 5.32 Å². The van der Waals surface area contributed by atoms with Crippen LogP contribution >= 0.6 is 0 Å². The first kappa shape index (κ1) is 13.7. The third-order valence-electron chi connectivity index (χ3n) is 2.79. The zero-order valence-corrected chi connectivity index (χ0v) is 11.1. The van der Waals surface area contributed by atoms with Gasteiger partial charge in [-0.25, -0.2) is 0 Å². The fourth-order valence-electron chi connectivity index (χ4n) is 1.76. The van der Waals surface area contributed by atoms with E-state index in [4.69, 9.17) is 14.2 Å². The Labute approximate surface area is 112 Å². The lowest BCUT2D eigenvalue weighted by molar-refractivity contribution is -0.144. The molecule has 2 rings (SSSR count). The maximum absolute atomic E-state index is 11.4. The molecule has 0 amide bonds. The highest BCUT2D eigenvalue weighted by atomic mass is 16.5. The van der Waals surface area contributed by atoms with E-state index in [9.17, 15) is 4.79 Å². The Morgan fingerprint density at radius 3 is 2.89 bits per heavy atom. The lowest BCUT2D eigenvalue weighted by Gasteiger charge is -2.10. The van der Waals surface area contributed by atoms with Crippen LogP contribution in [0.25, 0.3) is 0 Å². The Hall–Kier alpha value is -1.75. The van der Waals surface area contributed by atoms with Crippen LogP contribution in [0.2, 0.25) is 0 Å². The Bertz CT molecular complexity index is 433. The summed E-state index contributed by atoms with van der Waals surface area (Å²) in [5.74, 6) is 1.27. The maximum Gasteiger partial charge on any atom is 0.307 e. The van der Waals surface area contributed by atoms with Gasteiger partial charge in [-0.3, -0.25) is 4.79 Å². The summed E-state index contributed by atoms with van der Waals surface area (Å²) in [7, 11) is 1.80. The molecule has 0 unspecified atom stereocenters. The van der Waals surface area contributed by atoms with Crippen LogP contribution in [0, 0.1) is 0 Å². The minimum atomic E-state index is -0.207. The first-order valence-electron chi connectivity index (χ1n) is 6.48. The SMILES string of the molecule is CNCCC(=O)OCc1ccc2c(c1)OCCCO2. The van der Waals surface area contributed by atoms with Crippen LogP contribution in [-0.2, 0) is 16.1 Å². The van der Waals surface area contributed by atoms with Crippen LogP contribution in [-0.4, -0.2) is 32.8 Å². The molecular weight excluding hydrogens is 246 g/mol. The molecule has 1 aliphatic rings. The summed E-state index contributed by atoms with van der Waals surface area (Å²) in [4.78, 5) is 11.4. The van der Waals surface area contributed by atoms with E-state index < -0.39 is 0 Å². The van der Waals surface area contributed by atoms with Crippen molar-refractivity contribution < 1.29 is 19.0 Å². The van der Waals surface area contributed by atoms with Crippen LogP contribution in [0.1, 0.15) is 18.4 Å². The molecule has 1 aromatic carbocycles. The highest BCUT2D eigenvalue weighted by Gasteiger charge is 2.11. The number of carbonyl (C=O) groups is 1. The van der Waals surface area contributed by atoms with Crippen LogP contribution < -0.4 is 14.8 Å². The van der Waals surface area contributed by atoms with Crippen LogP contribution in [0.3, 0.4) is 0 Å². The molecule has 1 N–H and O–H groups in total. The molecule has 0 fully saturated rings. The van der Waals surface area contributed by atoms with Crippen molar-refractivity contribution in [3.8, 4) is 11.5 Å². The van der Waals surface area contributed by atoms with Gasteiger partial charge in [0.15, 0.2) is 11.5 Å². The van der Waals surface area contributed by atoms with E-state index in [0.29, 0.717) is 26.2 Å². The van der Waals surface area contributed by atoms with Crippen molar-refractivity contribution >= 4 is 5.97 Å². The Morgan fingerprint density at radius 2 is 2.11 bits per heavy atom. The molecule has 104 valence electrons. The molecule has 0 saturated carbocycles. The number of hydrogen-bond donors (Lipinski definition) is 1. The van der Waals surface area contributed by atoms with E-state index in [1.165, 1.54) is 0 Å². The summed E-state index contributed by atoms with van der Waals surface area (Å²) in [5.41, 5.74) is 0.905. The van der Waals surface area contributed by atoms with E-state index >= 15 is 0 Å². The van der Waals surface area contributed by atoms with Crippen molar-refractivity contribution in [3.05, 3.63) is 23.8 Å². The van der Waals surface area contributed by atoms with E-state index in [2.05, 4.69) is 5.32 Å². The molecule has 1 aliphatic heterocycles. The normalized spacial score (nSPS) is 13.7. The molecule has 0 saturated heterocycles.